The number of phenolic OH excluding ortho intramolecular Hbond substituents is 1. The molecule has 0 spiro atoms. The van der Waals surface area contributed by atoms with Crippen LogP contribution < -0.4 is 14.2 Å². The Bertz CT molecular complexity index is 304. The Hall–Kier alpha value is -1.58. The number of fused-ring (bicyclic) bond motifs is 1. The first kappa shape index (κ1) is 8.04. The van der Waals surface area contributed by atoms with E-state index in [-0.39, 0.29) is 5.75 Å². The Balaban J connectivity index is 2.50. The zero-order valence-corrected chi connectivity index (χ0v) is 7.24. The molecule has 4 heteroatoms. The minimum absolute atomic E-state index is 0.112. The minimum Gasteiger partial charge on any atom is -0.508 e. The van der Waals surface area contributed by atoms with E-state index in [9.17, 15) is 5.11 Å². The molecule has 0 fully saturated rings. The lowest BCUT2D eigenvalue weighted by atomic mass is 10.2. The van der Waals surface area contributed by atoms with E-state index < -0.39 is 0 Å². The highest BCUT2D eigenvalue weighted by molar-refractivity contribution is 5.56. The van der Waals surface area contributed by atoms with Crippen molar-refractivity contribution in [2.75, 3.05) is 20.3 Å². The van der Waals surface area contributed by atoms with Crippen molar-refractivity contribution in [3.05, 3.63) is 12.1 Å². The summed E-state index contributed by atoms with van der Waals surface area (Å²) >= 11 is 0. The number of hydrogen-bond donors (Lipinski definition) is 1. The molecule has 0 saturated carbocycles. The fourth-order valence-corrected chi connectivity index (χ4v) is 1.26. The van der Waals surface area contributed by atoms with Gasteiger partial charge in [0.25, 0.3) is 0 Å². The van der Waals surface area contributed by atoms with Crippen LogP contribution in [0.5, 0.6) is 23.0 Å². The first-order chi connectivity index (χ1) is 6.31. The molecule has 0 unspecified atom stereocenters. The SMILES string of the molecule is COc1cc(O)cc2c1OCCO2. The maximum absolute atomic E-state index is 9.28. The van der Waals surface area contributed by atoms with Gasteiger partial charge in [0.15, 0.2) is 11.5 Å². The first-order valence-electron chi connectivity index (χ1n) is 3.98. The number of methoxy groups -OCH3 is 1. The quantitative estimate of drug-likeness (QED) is 0.708. The summed E-state index contributed by atoms with van der Waals surface area (Å²) in [5.74, 6) is 1.70. The fourth-order valence-electron chi connectivity index (χ4n) is 1.26. The average molecular weight is 182 g/mol. The van der Waals surface area contributed by atoms with Crippen LogP contribution in [0.4, 0.5) is 0 Å². The number of aromatic hydroxyl groups is 1. The number of benzene rings is 1. The lowest BCUT2D eigenvalue weighted by Crippen LogP contribution is -2.15. The van der Waals surface area contributed by atoms with Crippen LogP contribution in [0.2, 0.25) is 0 Å². The van der Waals surface area contributed by atoms with Gasteiger partial charge in [0.2, 0.25) is 5.75 Å². The first-order valence-corrected chi connectivity index (χ1v) is 3.98. The third-order valence-corrected chi connectivity index (χ3v) is 1.81. The van der Waals surface area contributed by atoms with Gasteiger partial charge in [0.1, 0.15) is 19.0 Å². The molecule has 1 aromatic carbocycles. The highest BCUT2D eigenvalue weighted by Gasteiger charge is 2.17. The number of phenols is 1. The van der Waals surface area contributed by atoms with Gasteiger partial charge < -0.3 is 19.3 Å². The van der Waals surface area contributed by atoms with Crippen LogP contribution in [-0.4, -0.2) is 25.4 Å². The molecule has 1 N–H and O–H groups in total. The van der Waals surface area contributed by atoms with E-state index in [0.29, 0.717) is 30.5 Å². The molecular weight excluding hydrogens is 172 g/mol. The molecule has 0 bridgehead atoms. The Kier molecular flexibility index (Phi) is 1.88. The molecule has 0 aromatic heterocycles. The molecular formula is C9H10O4. The summed E-state index contributed by atoms with van der Waals surface area (Å²) in [6.45, 7) is 1.01. The highest BCUT2D eigenvalue weighted by atomic mass is 16.6. The van der Waals surface area contributed by atoms with E-state index in [1.54, 1.807) is 0 Å². The third-order valence-electron chi connectivity index (χ3n) is 1.81. The standard InChI is InChI=1S/C9H10O4/c1-11-7-4-6(10)5-8-9(7)13-3-2-12-8/h4-5,10H,2-3H2,1H3. The fraction of sp³-hybridized carbons (Fsp3) is 0.333. The molecule has 2 rings (SSSR count). The van der Waals surface area contributed by atoms with Crippen molar-refractivity contribution in [3.63, 3.8) is 0 Å². The zero-order chi connectivity index (χ0) is 9.26. The largest absolute Gasteiger partial charge is 0.508 e. The molecule has 0 aliphatic carbocycles. The van der Waals surface area contributed by atoms with Crippen molar-refractivity contribution in [1.29, 1.82) is 0 Å². The van der Waals surface area contributed by atoms with E-state index in [1.807, 2.05) is 0 Å². The Labute approximate surface area is 75.7 Å². The van der Waals surface area contributed by atoms with Crippen molar-refractivity contribution in [1.82, 2.24) is 0 Å². The third kappa shape index (κ3) is 1.35. The van der Waals surface area contributed by atoms with E-state index in [2.05, 4.69) is 0 Å². The summed E-state index contributed by atoms with van der Waals surface area (Å²) in [4.78, 5) is 0. The van der Waals surface area contributed by atoms with Gasteiger partial charge in [-0.05, 0) is 0 Å². The summed E-state index contributed by atoms with van der Waals surface area (Å²) in [7, 11) is 1.52. The van der Waals surface area contributed by atoms with E-state index in [1.165, 1.54) is 19.2 Å². The van der Waals surface area contributed by atoms with Gasteiger partial charge in [-0.1, -0.05) is 0 Å². The van der Waals surface area contributed by atoms with Crippen molar-refractivity contribution in [2.24, 2.45) is 0 Å². The maximum atomic E-state index is 9.28. The zero-order valence-electron chi connectivity index (χ0n) is 7.24. The van der Waals surface area contributed by atoms with Crippen molar-refractivity contribution in [3.8, 4) is 23.0 Å². The monoisotopic (exact) mass is 182 g/mol. The summed E-state index contributed by atoms with van der Waals surface area (Å²) < 4.78 is 15.6. The summed E-state index contributed by atoms with van der Waals surface area (Å²) in [5.41, 5.74) is 0. The smallest absolute Gasteiger partial charge is 0.203 e. The Morgan fingerprint density at radius 2 is 2.08 bits per heavy atom. The number of rotatable bonds is 1. The van der Waals surface area contributed by atoms with Crippen LogP contribution in [0.15, 0.2) is 12.1 Å². The highest BCUT2D eigenvalue weighted by Crippen LogP contribution is 2.42. The van der Waals surface area contributed by atoms with Gasteiger partial charge in [-0.2, -0.15) is 0 Å². The number of ether oxygens (including phenoxy) is 3. The molecule has 1 heterocycles. The van der Waals surface area contributed by atoms with Gasteiger partial charge >= 0.3 is 0 Å². The molecule has 13 heavy (non-hydrogen) atoms. The topological polar surface area (TPSA) is 47.9 Å². The summed E-state index contributed by atoms with van der Waals surface area (Å²) in [6.07, 6.45) is 0. The Morgan fingerprint density at radius 3 is 2.85 bits per heavy atom. The lowest BCUT2D eigenvalue weighted by molar-refractivity contribution is 0.164. The molecule has 70 valence electrons. The normalized spacial score (nSPS) is 13.9. The van der Waals surface area contributed by atoms with Crippen LogP contribution in [0, 0.1) is 0 Å². The summed E-state index contributed by atoms with van der Waals surface area (Å²) in [5, 5.41) is 9.28. The van der Waals surface area contributed by atoms with Gasteiger partial charge in [0, 0.05) is 12.1 Å². The average Bonchev–Trinajstić information content (AvgIpc) is 2.16. The number of hydrogen-bond acceptors (Lipinski definition) is 4. The van der Waals surface area contributed by atoms with Crippen LogP contribution in [0.25, 0.3) is 0 Å². The van der Waals surface area contributed by atoms with Gasteiger partial charge in [0.05, 0.1) is 7.11 Å². The molecule has 4 nitrogen and oxygen atoms in total. The second-order valence-electron chi connectivity index (χ2n) is 2.67. The van der Waals surface area contributed by atoms with Crippen LogP contribution in [0.1, 0.15) is 0 Å². The Morgan fingerprint density at radius 1 is 1.31 bits per heavy atom. The van der Waals surface area contributed by atoms with Crippen molar-refractivity contribution < 1.29 is 19.3 Å². The second kappa shape index (κ2) is 3.05. The van der Waals surface area contributed by atoms with Gasteiger partial charge in [-0.3, -0.25) is 0 Å². The van der Waals surface area contributed by atoms with Gasteiger partial charge in [-0.25, -0.2) is 0 Å². The van der Waals surface area contributed by atoms with E-state index in [4.69, 9.17) is 14.2 Å². The molecule has 1 aromatic rings. The predicted octanol–water partition coefficient (Wildman–Crippen LogP) is 1.17. The second-order valence-corrected chi connectivity index (χ2v) is 2.67. The van der Waals surface area contributed by atoms with Crippen molar-refractivity contribution >= 4 is 0 Å². The van der Waals surface area contributed by atoms with Crippen LogP contribution in [0.3, 0.4) is 0 Å². The van der Waals surface area contributed by atoms with E-state index >= 15 is 0 Å². The lowest BCUT2D eigenvalue weighted by Gasteiger charge is -2.20. The van der Waals surface area contributed by atoms with Crippen molar-refractivity contribution in [2.45, 2.75) is 0 Å². The molecule has 0 amide bonds. The van der Waals surface area contributed by atoms with E-state index in [0.717, 1.165) is 0 Å². The maximum Gasteiger partial charge on any atom is 0.203 e. The molecule has 0 atom stereocenters. The molecule has 0 radical (unpaired) electrons. The molecule has 1 aliphatic heterocycles. The summed E-state index contributed by atoms with van der Waals surface area (Å²) in [6, 6.07) is 3.00. The van der Waals surface area contributed by atoms with Gasteiger partial charge in [-0.15, -0.1) is 0 Å². The van der Waals surface area contributed by atoms with Crippen LogP contribution in [-0.2, 0) is 0 Å². The molecule has 0 saturated heterocycles. The van der Waals surface area contributed by atoms with Crippen LogP contribution >= 0.6 is 0 Å². The minimum atomic E-state index is 0.112. The predicted molar refractivity (Wildman–Crippen MR) is 45.6 cm³/mol. The molecule has 1 aliphatic rings.